The second kappa shape index (κ2) is 8.56. The zero-order valence-corrected chi connectivity index (χ0v) is 19.2. The number of hydrogen-bond acceptors (Lipinski definition) is 6. The summed E-state index contributed by atoms with van der Waals surface area (Å²) in [5, 5.41) is 0. The molecule has 0 unspecified atom stereocenters. The van der Waals surface area contributed by atoms with Crippen LogP contribution in [0.25, 0.3) is 11.0 Å². The lowest BCUT2D eigenvalue weighted by Gasteiger charge is -2.45. The highest BCUT2D eigenvalue weighted by atomic mass is 32.2. The molecule has 36 heavy (non-hydrogen) atoms. The van der Waals surface area contributed by atoms with E-state index in [1.807, 2.05) is 0 Å². The minimum absolute atomic E-state index is 0.0609. The number of benzene rings is 2. The van der Waals surface area contributed by atoms with Gasteiger partial charge in [0.25, 0.3) is 0 Å². The van der Waals surface area contributed by atoms with Crippen LogP contribution in [0.15, 0.2) is 47.5 Å². The second-order valence-electron chi connectivity index (χ2n) is 8.44. The molecule has 0 aliphatic carbocycles. The van der Waals surface area contributed by atoms with E-state index >= 15 is 4.39 Å². The molecule has 1 spiro atoms. The number of halogens is 6. The molecule has 14 heteroatoms. The van der Waals surface area contributed by atoms with Crippen LogP contribution in [0, 0.1) is 11.6 Å². The summed E-state index contributed by atoms with van der Waals surface area (Å²) in [4.78, 5) is 9.33. The molecule has 192 valence electrons. The number of nitrogens with zero attached hydrogens (tertiary/aromatic N) is 4. The molecule has 0 saturated carbocycles. The molecular formula is C22H18F6N4O3S. The Labute approximate surface area is 201 Å². The van der Waals surface area contributed by atoms with Gasteiger partial charge in [-0.1, -0.05) is 0 Å². The van der Waals surface area contributed by atoms with E-state index in [0.29, 0.717) is 12.1 Å². The lowest BCUT2D eigenvalue weighted by atomic mass is 9.98. The molecule has 2 atom stereocenters. The van der Waals surface area contributed by atoms with Gasteiger partial charge in [0.1, 0.15) is 5.82 Å². The number of rotatable bonds is 3. The molecule has 0 radical (unpaired) electrons. The molecule has 2 aliphatic rings. The van der Waals surface area contributed by atoms with Crippen molar-refractivity contribution in [3.63, 3.8) is 0 Å². The van der Waals surface area contributed by atoms with Crippen LogP contribution in [0.3, 0.4) is 0 Å². The number of fused-ring (bicyclic) bond motifs is 1. The molecule has 2 saturated heterocycles. The fraction of sp³-hybridized carbons (Fsp3) is 0.364. The Morgan fingerprint density at radius 3 is 2.33 bits per heavy atom. The van der Waals surface area contributed by atoms with Crippen molar-refractivity contribution in [3.8, 4) is 0 Å². The Kier molecular flexibility index (Phi) is 5.87. The number of hydrogen-bond donors (Lipinski definition) is 0. The standard InChI is InChI=1S/C22H18F6N4O3S/c23-15-9-17-18(10-16(15)24)30-20(11-29-17)31-6-5-21(19(25)12-31)32(7-8-35-21)36(33,34)14-3-1-13(2-4-14)22(26,27)28/h1-4,9-11,19H,5-8,12H2/t19-,21-/m0/s1. The van der Waals surface area contributed by atoms with Gasteiger partial charge in [0, 0.05) is 31.6 Å². The lowest BCUT2D eigenvalue weighted by molar-refractivity contribution is -0.137. The number of anilines is 1. The van der Waals surface area contributed by atoms with E-state index in [0.717, 1.165) is 28.6 Å². The fourth-order valence-corrected chi connectivity index (χ4v) is 6.23. The molecule has 2 aromatic carbocycles. The normalized spacial score (nSPS) is 23.6. The summed E-state index contributed by atoms with van der Waals surface area (Å²) in [7, 11) is -4.38. The Hall–Kier alpha value is -2.97. The summed E-state index contributed by atoms with van der Waals surface area (Å²) in [6, 6.07) is 4.73. The number of sulfonamides is 1. The van der Waals surface area contributed by atoms with Crippen molar-refractivity contribution in [2.75, 3.05) is 31.1 Å². The average molecular weight is 532 g/mol. The first-order chi connectivity index (χ1) is 16.9. The summed E-state index contributed by atoms with van der Waals surface area (Å²) < 4.78 is 114. The number of ether oxygens (including phenoxy) is 1. The topological polar surface area (TPSA) is 75.6 Å². The SMILES string of the molecule is O=S(=O)(c1ccc(C(F)(F)F)cc1)N1CCO[C@]12CCN(c1cnc3cc(F)c(F)cc3n1)C[C@@H]2F. The maximum atomic E-state index is 15.6. The summed E-state index contributed by atoms with van der Waals surface area (Å²) >= 11 is 0. The molecule has 5 rings (SSSR count). The second-order valence-corrected chi connectivity index (χ2v) is 10.3. The molecule has 2 aliphatic heterocycles. The van der Waals surface area contributed by atoms with Gasteiger partial charge in [0.05, 0.1) is 40.8 Å². The van der Waals surface area contributed by atoms with E-state index in [1.54, 1.807) is 0 Å². The van der Waals surface area contributed by atoms with Crippen molar-refractivity contribution >= 4 is 26.9 Å². The highest BCUT2D eigenvalue weighted by molar-refractivity contribution is 7.89. The van der Waals surface area contributed by atoms with Gasteiger partial charge in [0.15, 0.2) is 23.5 Å². The minimum Gasteiger partial charge on any atom is -0.355 e. The zero-order valence-electron chi connectivity index (χ0n) is 18.3. The van der Waals surface area contributed by atoms with Gasteiger partial charge in [-0.05, 0) is 24.3 Å². The first-order valence-corrected chi connectivity index (χ1v) is 12.2. The van der Waals surface area contributed by atoms with E-state index in [-0.39, 0.29) is 49.5 Å². The van der Waals surface area contributed by atoms with Crippen LogP contribution >= 0.6 is 0 Å². The van der Waals surface area contributed by atoms with Gasteiger partial charge in [-0.25, -0.2) is 26.6 Å². The number of alkyl halides is 4. The van der Waals surface area contributed by atoms with Gasteiger partial charge in [0.2, 0.25) is 10.0 Å². The lowest BCUT2D eigenvalue weighted by Crippen LogP contribution is -2.62. The van der Waals surface area contributed by atoms with Crippen molar-refractivity contribution in [1.29, 1.82) is 0 Å². The Bertz CT molecular complexity index is 1420. The van der Waals surface area contributed by atoms with Crippen LogP contribution in [-0.2, 0) is 20.9 Å². The van der Waals surface area contributed by atoms with Gasteiger partial charge in [-0.2, -0.15) is 17.5 Å². The van der Waals surface area contributed by atoms with Crippen molar-refractivity contribution in [1.82, 2.24) is 14.3 Å². The molecule has 0 N–H and O–H groups in total. The highest BCUT2D eigenvalue weighted by Crippen LogP contribution is 2.41. The van der Waals surface area contributed by atoms with Crippen LogP contribution in [0.2, 0.25) is 0 Å². The maximum absolute atomic E-state index is 15.6. The molecule has 0 bridgehead atoms. The summed E-state index contributed by atoms with van der Waals surface area (Å²) in [5.74, 6) is -2.01. The largest absolute Gasteiger partial charge is 0.416 e. The van der Waals surface area contributed by atoms with Crippen LogP contribution in [0.4, 0.5) is 32.2 Å². The highest BCUT2D eigenvalue weighted by Gasteiger charge is 2.57. The monoisotopic (exact) mass is 532 g/mol. The minimum atomic E-state index is -4.64. The molecule has 3 aromatic rings. The van der Waals surface area contributed by atoms with E-state index < -0.39 is 50.2 Å². The summed E-state index contributed by atoms with van der Waals surface area (Å²) in [6.45, 7) is -0.530. The third-order valence-electron chi connectivity index (χ3n) is 6.34. The van der Waals surface area contributed by atoms with Crippen molar-refractivity contribution in [3.05, 3.63) is 59.8 Å². The Morgan fingerprint density at radius 1 is 1.03 bits per heavy atom. The Morgan fingerprint density at radius 2 is 1.69 bits per heavy atom. The Balaban J connectivity index is 1.40. The van der Waals surface area contributed by atoms with Crippen LogP contribution in [0.1, 0.15) is 12.0 Å². The molecule has 0 amide bonds. The summed E-state index contributed by atoms with van der Waals surface area (Å²) in [6.07, 6.45) is -5.34. The van der Waals surface area contributed by atoms with Gasteiger partial charge < -0.3 is 9.64 Å². The van der Waals surface area contributed by atoms with Gasteiger partial charge in [-0.15, -0.1) is 0 Å². The molecule has 3 heterocycles. The molecular weight excluding hydrogens is 514 g/mol. The van der Waals surface area contributed by atoms with Crippen LogP contribution < -0.4 is 4.90 Å². The van der Waals surface area contributed by atoms with Crippen LogP contribution in [-0.4, -0.2) is 60.8 Å². The van der Waals surface area contributed by atoms with E-state index in [2.05, 4.69) is 9.97 Å². The average Bonchev–Trinajstić information content (AvgIpc) is 3.26. The van der Waals surface area contributed by atoms with Crippen molar-refractivity contribution in [2.24, 2.45) is 0 Å². The quantitative estimate of drug-likeness (QED) is 0.477. The predicted octanol–water partition coefficient (Wildman–Crippen LogP) is 3.89. The fourth-order valence-electron chi connectivity index (χ4n) is 4.51. The number of aromatic nitrogens is 2. The molecule has 1 aromatic heterocycles. The van der Waals surface area contributed by atoms with E-state index in [4.69, 9.17) is 4.74 Å². The summed E-state index contributed by atoms with van der Waals surface area (Å²) in [5.41, 5.74) is -2.69. The maximum Gasteiger partial charge on any atom is 0.416 e. The van der Waals surface area contributed by atoms with E-state index in [9.17, 15) is 30.4 Å². The zero-order chi connectivity index (χ0) is 25.9. The van der Waals surface area contributed by atoms with Gasteiger partial charge in [-0.3, -0.25) is 4.98 Å². The third-order valence-corrected chi connectivity index (χ3v) is 8.28. The first-order valence-electron chi connectivity index (χ1n) is 10.8. The first kappa shape index (κ1) is 24.7. The number of piperidine rings is 1. The smallest absolute Gasteiger partial charge is 0.355 e. The van der Waals surface area contributed by atoms with Crippen molar-refractivity contribution in [2.45, 2.75) is 29.4 Å². The third kappa shape index (κ3) is 4.06. The molecule has 2 fully saturated rings. The van der Waals surface area contributed by atoms with Crippen LogP contribution in [0.5, 0.6) is 0 Å². The van der Waals surface area contributed by atoms with E-state index in [1.165, 1.54) is 11.1 Å². The van der Waals surface area contributed by atoms with Gasteiger partial charge >= 0.3 is 6.18 Å². The van der Waals surface area contributed by atoms with Crippen molar-refractivity contribution < 1.29 is 39.5 Å². The molecule has 7 nitrogen and oxygen atoms in total. The predicted molar refractivity (Wildman–Crippen MR) is 115 cm³/mol.